The Kier molecular flexibility index (Phi) is 6.66. The van der Waals surface area contributed by atoms with E-state index in [2.05, 4.69) is 5.32 Å². The molecule has 1 heterocycles. The third-order valence-corrected chi connectivity index (χ3v) is 5.19. The third kappa shape index (κ3) is 4.29. The molecule has 0 bridgehead atoms. The van der Waals surface area contributed by atoms with Gasteiger partial charge >= 0.3 is 0 Å². The molecule has 2 aromatic rings. The van der Waals surface area contributed by atoms with Gasteiger partial charge in [0.05, 0.1) is 6.61 Å². The molecule has 1 amide bonds. The van der Waals surface area contributed by atoms with Crippen LogP contribution in [0.4, 0.5) is 0 Å². The second-order valence-electron chi connectivity index (χ2n) is 5.76. The van der Waals surface area contributed by atoms with Gasteiger partial charge in [0.15, 0.2) is 0 Å². The number of nitrogens with one attached hydrogen (secondary N) is 1. The fourth-order valence-electron chi connectivity index (χ4n) is 2.64. The van der Waals surface area contributed by atoms with E-state index in [1.54, 1.807) is 0 Å². The van der Waals surface area contributed by atoms with Gasteiger partial charge in [0.25, 0.3) is 5.91 Å². The van der Waals surface area contributed by atoms with Crippen LogP contribution < -0.4 is 15.8 Å². The predicted octanol–water partition coefficient (Wildman–Crippen LogP) is 3.70. The van der Waals surface area contributed by atoms with Crippen LogP contribution in [-0.4, -0.2) is 25.1 Å². The quantitative estimate of drug-likeness (QED) is 0.785. The third-order valence-electron chi connectivity index (χ3n) is 4.02. The van der Waals surface area contributed by atoms with Crippen LogP contribution in [0.3, 0.4) is 0 Å². The zero-order chi connectivity index (χ0) is 16.2. The molecule has 1 aliphatic rings. The number of hydrogen-bond acceptors (Lipinski definition) is 4. The van der Waals surface area contributed by atoms with E-state index in [0.29, 0.717) is 29.7 Å². The monoisotopic (exact) mass is 366 g/mol. The largest absolute Gasteiger partial charge is 0.492 e. The summed E-state index contributed by atoms with van der Waals surface area (Å²) in [6, 6.07) is 12.1. The number of ether oxygens (including phenoxy) is 1. The Morgan fingerprint density at radius 1 is 1.38 bits per heavy atom. The van der Waals surface area contributed by atoms with Gasteiger partial charge in [0.2, 0.25) is 0 Å². The van der Waals surface area contributed by atoms with E-state index in [1.807, 2.05) is 43.3 Å². The van der Waals surface area contributed by atoms with E-state index < -0.39 is 0 Å². The second-order valence-corrected chi connectivity index (χ2v) is 6.81. The number of amides is 1. The summed E-state index contributed by atoms with van der Waals surface area (Å²) in [5, 5.41) is 3.08. The zero-order valence-electron chi connectivity index (χ0n) is 13.7. The summed E-state index contributed by atoms with van der Waals surface area (Å²) >= 11 is 1.47. The lowest BCUT2D eigenvalue weighted by Crippen LogP contribution is -2.41. The zero-order valence-corrected chi connectivity index (χ0v) is 15.3. The summed E-state index contributed by atoms with van der Waals surface area (Å²) in [6.07, 6.45) is 2.31. The summed E-state index contributed by atoms with van der Waals surface area (Å²) < 4.78 is 5.67. The molecule has 1 unspecified atom stereocenters. The van der Waals surface area contributed by atoms with Crippen LogP contribution in [0.2, 0.25) is 0 Å². The van der Waals surface area contributed by atoms with Crippen molar-refractivity contribution in [1.82, 2.24) is 5.32 Å². The molecule has 0 aliphatic heterocycles. The second kappa shape index (κ2) is 8.51. The minimum atomic E-state index is -0.0806. The van der Waals surface area contributed by atoms with Gasteiger partial charge in [0.1, 0.15) is 10.6 Å². The number of carbonyl (C=O) groups excluding carboxylic acids is 1. The highest BCUT2D eigenvalue weighted by atomic mass is 35.5. The van der Waals surface area contributed by atoms with Crippen molar-refractivity contribution in [2.45, 2.75) is 25.8 Å². The lowest BCUT2D eigenvalue weighted by Gasteiger charge is -2.15. The van der Waals surface area contributed by atoms with Gasteiger partial charge in [-0.2, -0.15) is 0 Å². The molecule has 1 saturated carbocycles. The molecule has 3 N–H and O–H groups in total. The lowest BCUT2D eigenvalue weighted by molar-refractivity contribution is 0.0934. The number of thiophene rings is 1. The van der Waals surface area contributed by atoms with Crippen LogP contribution in [0.1, 0.15) is 29.4 Å². The molecule has 1 aliphatic carbocycles. The Balaban J connectivity index is 0.00000208. The smallest absolute Gasteiger partial charge is 0.265 e. The van der Waals surface area contributed by atoms with Crippen molar-refractivity contribution >= 4 is 29.7 Å². The molecule has 0 radical (unpaired) electrons. The first-order valence-corrected chi connectivity index (χ1v) is 8.87. The molecule has 1 atom stereocenters. The molecule has 0 spiro atoms. The van der Waals surface area contributed by atoms with E-state index in [4.69, 9.17) is 10.5 Å². The van der Waals surface area contributed by atoms with Gasteiger partial charge in [-0.3, -0.25) is 4.79 Å². The van der Waals surface area contributed by atoms with E-state index in [-0.39, 0.29) is 24.4 Å². The number of nitrogens with two attached hydrogens (primary N) is 1. The van der Waals surface area contributed by atoms with Gasteiger partial charge < -0.3 is 15.8 Å². The van der Waals surface area contributed by atoms with Crippen LogP contribution in [0.15, 0.2) is 36.4 Å². The van der Waals surface area contributed by atoms with Crippen molar-refractivity contribution in [3.05, 3.63) is 41.3 Å². The molecule has 6 heteroatoms. The fourth-order valence-corrected chi connectivity index (χ4v) is 3.65. The fraction of sp³-hybridized carbons (Fsp3) is 0.389. The van der Waals surface area contributed by atoms with Crippen LogP contribution in [0, 0.1) is 5.92 Å². The van der Waals surface area contributed by atoms with Gasteiger partial charge in [-0.25, -0.2) is 0 Å². The molecule has 24 heavy (non-hydrogen) atoms. The summed E-state index contributed by atoms with van der Waals surface area (Å²) in [7, 11) is 0. The normalized spacial score (nSPS) is 14.6. The number of halogens is 1. The molecular formula is C18H23ClN2O2S. The van der Waals surface area contributed by atoms with Crippen LogP contribution in [-0.2, 0) is 0 Å². The summed E-state index contributed by atoms with van der Waals surface area (Å²) in [5.74, 6) is 1.11. The average Bonchev–Trinajstić information content (AvgIpc) is 3.33. The first-order chi connectivity index (χ1) is 11.2. The molecule has 1 aromatic heterocycles. The maximum Gasteiger partial charge on any atom is 0.265 e. The highest BCUT2D eigenvalue weighted by Crippen LogP contribution is 2.37. The Morgan fingerprint density at radius 3 is 2.67 bits per heavy atom. The van der Waals surface area contributed by atoms with E-state index >= 15 is 0 Å². The van der Waals surface area contributed by atoms with Gasteiger partial charge in [-0.15, -0.1) is 23.7 Å². The van der Waals surface area contributed by atoms with Gasteiger partial charge in [-0.05, 0) is 37.3 Å². The molecule has 3 rings (SSSR count). The predicted molar refractivity (Wildman–Crippen MR) is 101 cm³/mol. The summed E-state index contributed by atoms with van der Waals surface area (Å²) in [4.78, 5) is 14.3. The maximum atomic E-state index is 12.7. The minimum absolute atomic E-state index is 0. The highest BCUT2D eigenvalue weighted by molar-refractivity contribution is 7.17. The van der Waals surface area contributed by atoms with Crippen molar-refractivity contribution in [2.75, 3.05) is 13.2 Å². The average molecular weight is 367 g/mol. The molecule has 4 nitrogen and oxygen atoms in total. The van der Waals surface area contributed by atoms with E-state index in [0.717, 1.165) is 23.3 Å². The molecular weight excluding hydrogens is 344 g/mol. The first-order valence-electron chi connectivity index (χ1n) is 8.06. The number of carbonyl (C=O) groups is 1. The summed E-state index contributed by atoms with van der Waals surface area (Å²) in [5.41, 5.74) is 6.88. The molecule has 130 valence electrons. The highest BCUT2D eigenvalue weighted by Gasteiger charge is 2.32. The van der Waals surface area contributed by atoms with Crippen molar-refractivity contribution in [3.63, 3.8) is 0 Å². The SMILES string of the molecule is CCOc1cc(-c2ccccc2)sc1C(=O)NC(CN)C1CC1.Cl. The van der Waals surface area contributed by atoms with Crippen LogP contribution in [0.5, 0.6) is 5.75 Å². The number of hydrogen-bond donors (Lipinski definition) is 2. The first kappa shape index (κ1) is 18.8. The Morgan fingerprint density at radius 2 is 2.08 bits per heavy atom. The minimum Gasteiger partial charge on any atom is -0.492 e. The van der Waals surface area contributed by atoms with Crippen molar-refractivity contribution < 1.29 is 9.53 Å². The van der Waals surface area contributed by atoms with Crippen molar-refractivity contribution in [3.8, 4) is 16.2 Å². The van der Waals surface area contributed by atoms with E-state index in [9.17, 15) is 4.79 Å². The Hall–Kier alpha value is -1.56. The standard InChI is InChI=1S/C18H22N2O2S.ClH/c1-2-22-15-10-16(13-6-4-3-5-7-13)23-17(15)18(21)20-14(11-19)12-8-9-12;/h3-7,10,12,14H,2,8-9,11,19H2,1H3,(H,20,21);1H. The summed E-state index contributed by atoms with van der Waals surface area (Å²) in [6.45, 7) is 2.94. The Bertz CT molecular complexity index is 671. The maximum absolute atomic E-state index is 12.7. The van der Waals surface area contributed by atoms with Gasteiger partial charge in [-0.1, -0.05) is 30.3 Å². The van der Waals surface area contributed by atoms with Crippen LogP contribution in [0.25, 0.3) is 10.4 Å². The Labute approximate surface area is 152 Å². The molecule has 1 aromatic carbocycles. The molecule has 1 fully saturated rings. The number of benzene rings is 1. The molecule has 0 saturated heterocycles. The lowest BCUT2D eigenvalue weighted by atomic mass is 10.2. The number of rotatable bonds is 7. The van der Waals surface area contributed by atoms with E-state index in [1.165, 1.54) is 11.3 Å². The topological polar surface area (TPSA) is 64.3 Å². The van der Waals surface area contributed by atoms with Gasteiger partial charge in [0, 0.05) is 17.5 Å². The van der Waals surface area contributed by atoms with Crippen molar-refractivity contribution in [1.29, 1.82) is 0 Å². The van der Waals surface area contributed by atoms with Crippen molar-refractivity contribution in [2.24, 2.45) is 11.7 Å². The van der Waals surface area contributed by atoms with Crippen LogP contribution >= 0.6 is 23.7 Å².